The zero-order valence-electron chi connectivity index (χ0n) is 9.85. The molecule has 0 amide bonds. The van der Waals surface area contributed by atoms with Gasteiger partial charge in [-0.2, -0.15) is 0 Å². The topological polar surface area (TPSA) is 0 Å². The average Bonchev–Trinajstić information content (AvgIpc) is 2.50. The first kappa shape index (κ1) is 12.5. The van der Waals surface area contributed by atoms with Crippen molar-refractivity contribution in [2.75, 3.05) is 0 Å². The van der Waals surface area contributed by atoms with Crippen LogP contribution in [0, 0.1) is 5.92 Å². The lowest BCUT2D eigenvalue weighted by atomic mass is 10.1. The van der Waals surface area contributed by atoms with Gasteiger partial charge in [0.1, 0.15) is 0 Å². The zero-order valence-corrected chi connectivity index (χ0v) is 9.85. The van der Waals surface area contributed by atoms with Gasteiger partial charge in [-0.05, 0) is 43.3 Å². The largest absolute Gasteiger partial charge is 0.0842 e. The van der Waals surface area contributed by atoms with Gasteiger partial charge in [-0.1, -0.05) is 39.8 Å². The minimum absolute atomic E-state index is 0.874. The quantitative estimate of drug-likeness (QED) is 0.547. The van der Waals surface area contributed by atoms with Crippen LogP contribution in [-0.2, 0) is 0 Å². The fourth-order valence-electron chi connectivity index (χ4n) is 1.85. The molecule has 0 aromatic rings. The molecule has 0 aliphatic heterocycles. The molecule has 0 heteroatoms. The fraction of sp³-hybridized carbons (Fsp3) is 0.692. The summed E-state index contributed by atoms with van der Waals surface area (Å²) in [5.74, 6) is 0.874. The smallest absolute Gasteiger partial charge is 0.0250 e. The summed E-state index contributed by atoms with van der Waals surface area (Å²) in [6.45, 7) is 10.7. The van der Waals surface area contributed by atoms with Crippen molar-refractivity contribution in [1.82, 2.24) is 0 Å². The summed E-state index contributed by atoms with van der Waals surface area (Å²) < 4.78 is 0. The van der Waals surface area contributed by atoms with Gasteiger partial charge < -0.3 is 0 Å². The Kier molecular flexibility index (Phi) is 6.66. The zero-order chi connectivity index (χ0) is 10.3. The van der Waals surface area contributed by atoms with Gasteiger partial charge in [0.05, 0.1) is 0 Å². The predicted octanol–water partition coefficient (Wildman–Crippen LogP) is 4.73. The molecule has 76 valence electrons. The maximum atomic E-state index is 2.37. The van der Waals surface area contributed by atoms with E-state index in [1.54, 1.807) is 11.1 Å². The van der Waals surface area contributed by atoms with Crippen LogP contribution in [0.15, 0.2) is 23.3 Å². The van der Waals surface area contributed by atoms with E-state index in [1.165, 1.54) is 19.3 Å². The molecule has 1 aliphatic rings. The highest BCUT2D eigenvalue weighted by molar-refractivity contribution is 5.35. The van der Waals surface area contributed by atoms with E-state index in [4.69, 9.17) is 0 Å². The second kappa shape index (κ2) is 6.94. The molecule has 0 heterocycles. The standard InChI is InChI=1S/C11H18.C2H6/c1-4-6-11-8-9(3)7-10(11)5-2;1-2/h5-6,9H,4,7-8H2,1-3H3;1-2H3/b10-5-,11-6-;. The Balaban J connectivity index is 0.000000671. The van der Waals surface area contributed by atoms with E-state index in [1.807, 2.05) is 13.8 Å². The van der Waals surface area contributed by atoms with Crippen LogP contribution in [0.3, 0.4) is 0 Å². The van der Waals surface area contributed by atoms with E-state index in [0.29, 0.717) is 0 Å². The molecule has 1 rings (SSSR count). The summed E-state index contributed by atoms with van der Waals surface area (Å²) in [6.07, 6.45) is 8.42. The van der Waals surface area contributed by atoms with Crippen LogP contribution < -0.4 is 0 Å². The van der Waals surface area contributed by atoms with Crippen molar-refractivity contribution in [1.29, 1.82) is 0 Å². The molecule has 1 unspecified atom stereocenters. The van der Waals surface area contributed by atoms with Crippen LogP contribution in [0.25, 0.3) is 0 Å². The van der Waals surface area contributed by atoms with Crippen LogP contribution in [0.5, 0.6) is 0 Å². The van der Waals surface area contributed by atoms with Crippen LogP contribution >= 0.6 is 0 Å². The Morgan fingerprint density at radius 3 is 2.23 bits per heavy atom. The SMILES string of the molecule is C/C=C1/CC(C)C/C1=C/CC.CC. The van der Waals surface area contributed by atoms with Crippen molar-refractivity contribution in [2.24, 2.45) is 5.92 Å². The molecule has 0 nitrogen and oxygen atoms in total. The minimum atomic E-state index is 0.874. The Morgan fingerprint density at radius 2 is 1.77 bits per heavy atom. The maximum Gasteiger partial charge on any atom is -0.0250 e. The second-order valence-electron chi connectivity index (χ2n) is 3.46. The molecule has 0 spiro atoms. The third kappa shape index (κ3) is 3.80. The highest BCUT2D eigenvalue weighted by atomic mass is 14.2. The van der Waals surface area contributed by atoms with Gasteiger partial charge in [0.2, 0.25) is 0 Å². The Bertz CT molecular complexity index is 184. The van der Waals surface area contributed by atoms with E-state index >= 15 is 0 Å². The molecule has 1 fully saturated rings. The third-order valence-corrected chi connectivity index (χ3v) is 2.35. The molecule has 0 aromatic carbocycles. The van der Waals surface area contributed by atoms with Gasteiger partial charge >= 0.3 is 0 Å². The molecule has 0 saturated heterocycles. The van der Waals surface area contributed by atoms with Gasteiger partial charge in [0, 0.05) is 0 Å². The van der Waals surface area contributed by atoms with Crippen molar-refractivity contribution in [3.05, 3.63) is 23.3 Å². The lowest BCUT2D eigenvalue weighted by Crippen LogP contribution is -1.80. The third-order valence-electron chi connectivity index (χ3n) is 2.35. The van der Waals surface area contributed by atoms with E-state index in [9.17, 15) is 0 Å². The number of hydrogen-bond donors (Lipinski definition) is 0. The summed E-state index contributed by atoms with van der Waals surface area (Å²) in [6, 6.07) is 0. The summed E-state index contributed by atoms with van der Waals surface area (Å²) in [5, 5.41) is 0. The summed E-state index contributed by atoms with van der Waals surface area (Å²) in [7, 11) is 0. The molecule has 1 saturated carbocycles. The van der Waals surface area contributed by atoms with Gasteiger partial charge in [-0.3, -0.25) is 0 Å². The van der Waals surface area contributed by atoms with Crippen molar-refractivity contribution >= 4 is 0 Å². The molecule has 0 aromatic heterocycles. The molecule has 0 radical (unpaired) electrons. The number of allylic oxidation sites excluding steroid dienone is 4. The Hall–Kier alpha value is -0.520. The summed E-state index contributed by atoms with van der Waals surface area (Å²) in [4.78, 5) is 0. The van der Waals surface area contributed by atoms with Crippen molar-refractivity contribution in [3.63, 3.8) is 0 Å². The summed E-state index contributed by atoms with van der Waals surface area (Å²) >= 11 is 0. The van der Waals surface area contributed by atoms with E-state index in [-0.39, 0.29) is 0 Å². The van der Waals surface area contributed by atoms with Gasteiger partial charge in [-0.25, -0.2) is 0 Å². The minimum Gasteiger partial charge on any atom is -0.0842 e. The van der Waals surface area contributed by atoms with E-state index in [2.05, 4.69) is 32.9 Å². The van der Waals surface area contributed by atoms with Gasteiger partial charge in [0.25, 0.3) is 0 Å². The fourth-order valence-corrected chi connectivity index (χ4v) is 1.85. The maximum absolute atomic E-state index is 2.37. The Morgan fingerprint density at radius 1 is 1.23 bits per heavy atom. The highest BCUT2D eigenvalue weighted by Gasteiger charge is 2.18. The van der Waals surface area contributed by atoms with E-state index in [0.717, 1.165) is 5.92 Å². The summed E-state index contributed by atoms with van der Waals surface area (Å²) in [5.41, 5.74) is 3.18. The first-order chi connectivity index (χ1) is 6.27. The molecule has 0 N–H and O–H groups in total. The van der Waals surface area contributed by atoms with Gasteiger partial charge in [0.15, 0.2) is 0 Å². The highest BCUT2D eigenvalue weighted by Crippen LogP contribution is 2.34. The number of rotatable bonds is 1. The van der Waals surface area contributed by atoms with Crippen molar-refractivity contribution < 1.29 is 0 Å². The Labute approximate surface area is 83.7 Å². The monoisotopic (exact) mass is 180 g/mol. The lowest BCUT2D eigenvalue weighted by molar-refractivity contribution is 0.640. The molecule has 13 heavy (non-hydrogen) atoms. The molecule has 1 aliphatic carbocycles. The van der Waals surface area contributed by atoms with Crippen LogP contribution in [0.4, 0.5) is 0 Å². The normalized spacial score (nSPS) is 27.6. The van der Waals surface area contributed by atoms with Gasteiger partial charge in [-0.15, -0.1) is 0 Å². The first-order valence-corrected chi connectivity index (χ1v) is 5.62. The molecule has 0 bridgehead atoms. The molecule has 1 atom stereocenters. The molecular weight excluding hydrogens is 156 g/mol. The predicted molar refractivity (Wildman–Crippen MR) is 61.9 cm³/mol. The lowest BCUT2D eigenvalue weighted by Gasteiger charge is -1.96. The second-order valence-corrected chi connectivity index (χ2v) is 3.46. The van der Waals surface area contributed by atoms with Crippen molar-refractivity contribution in [3.8, 4) is 0 Å². The van der Waals surface area contributed by atoms with Crippen molar-refractivity contribution in [2.45, 2.75) is 53.9 Å². The number of hydrogen-bond acceptors (Lipinski definition) is 0. The van der Waals surface area contributed by atoms with Crippen LogP contribution in [-0.4, -0.2) is 0 Å². The van der Waals surface area contributed by atoms with Crippen LogP contribution in [0.1, 0.15) is 53.9 Å². The first-order valence-electron chi connectivity index (χ1n) is 5.62. The van der Waals surface area contributed by atoms with Crippen LogP contribution in [0.2, 0.25) is 0 Å². The van der Waals surface area contributed by atoms with E-state index < -0.39 is 0 Å². The average molecular weight is 180 g/mol. The molecular formula is C13H24.